The maximum Gasteiger partial charge on any atom is 0.111 e. The smallest absolute Gasteiger partial charge is 0.111 e. The molecule has 0 atom stereocenters. The molecule has 0 bridgehead atoms. The van der Waals surface area contributed by atoms with Crippen molar-refractivity contribution < 1.29 is 0 Å². The number of imidazole rings is 1. The number of rotatable bonds is 2. The van der Waals surface area contributed by atoms with E-state index < -0.39 is 0 Å². The second-order valence-corrected chi connectivity index (χ2v) is 4.82. The molecule has 0 aliphatic heterocycles. The minimum atomic E-state index is 0.699. The number of fused-ring (bicyclic) bond motifs is 1. The number of nitrogens with one attached hydrogen (secondary N) is 1. The standard InChI is InChI=1S/C12H9ClN2S/c13-9-2-1-3-10-12(9)15-11(14-10)6-8-4-5-16-7-8/h1-5,7H,6H2,(H,14,15). The van der Waals surface area contributed by atoms with Gasteiger partial charge in [-0.15, -0.1) is 0 Å². The third-order valence-electron chi connectivity index (χ3n) is 2.46. The second kappa shape index (κ2) is 3.92. The van der Waals surface area contributed by atoms with Gasteiger partial charge in [-0.1, -0.05) is 17.7 Å². The minimum absolute atomic E-state index is 0.699. The van der Waals surface area contributed by atoms with Gasteiger partial charge >= 0.3 is 0 Å². The van der Waals surface area contributed by atoms with E-state index in [0.29, 0.717) is 5.02 Å². The summed E-state index contributed by atoms with van der Waals surface area (Å²) in [7, 11) is 0. The van der Waals surface area contributed by atoms with Crippen LogP contribution in [-0.4, -0.2) is 9.97 Å². The summed E-state index contributed by atoms with van der Waals surface area (Å²) in [5.74, 6) is 0.960. The van der Waals surface area contributed by atoms with Crippen LogP contribution in [-0.2, 0) is 6.42 Å². The normalized spacial score (nSPS) is 11.1. The first kappa shape index (κ1) is 9.87. The van der Waals surface area contributed by atoms with Crippen LogP contribution in [0.1, 0.15) is 11.4 Å². The Morgan fingerprint density at radius 1 is 1.31 bits per heavy atom. The van der Waals surface area contributed by atoms with E-state index in [9.17, 15) is 0 Å². The van der Waals surface area contributed by atoms with Crippen molar-refractivity contribution >= 4 is 34.0 Å². The van der Waals surface area contributed by atoms with Crippen molar-refractivity contribution in [2.75, 3.05) is 0 Å². The van der Waals surface area contributed by atoms with Gasteiger partial charge in [0.2, 0.25) is 0 Å². The SMILES string of the molecule is Clc1cccc2[nH]c(Cc3ccsc3)nc12. The average molecular weight is 249 g/mol. The van der Waals surface area contributed by atoms with Gasteiger partial charge in [0.1, 0.15) is 11.3 Å². The number of thiophene rings is 1. The molecule has 0 spiro atoms. The van der Waals surface area contributed by atoms with Gasteiger partial charge in [0.25, 0.3) is 0 Å². The Labute approximate surface area is 102 Å². The highest BCUT2D eigenvalue weighted by molar-refractivity contribution is 7.07. The van der Waals surface area contributed by atoms with Crippen molar-refractivity contribution in [3.05, 3.63) is 51.4 Å². The van der Waals surface area contributed by atoms with Gasteiger partial charge in [-0.25, -0.2) is 4.98 Å². The Kier molecular flexibility index (Phi) is 2.42. The zero-order chi connectivity index (χ0) is 11.0. The van der Waals surface area contributed by atoms with Gasteiger partial charge < -0.3 is 4.98 Å². The van der Waals surface area contributed by atoms with Crippen molar-refractivity contribution in [1.29, 1.82) is 0 Å². The van der Waals surface area contributed by atoms with Crippen LogP contribution in [0, 0.1) is 0 Å². The first-order chi connectivity index (χ1) is 7.83. The predicted molar refractivity (Wildman–Crippen MR) is 68.2 cm³/mol. The molecule has 3 aromatic rings. The van der Waals surface area contributed by atoms with E-state index in [0.717, 1.165) is 23.3 Å². The minimum Gasteiger partial charge on any atom is -0.342 e. The number of aromatic nitrogens is 2. The number of nitrogens with zero attached hydrogens (tertiary/aromatic N) is 1. The van der Waals surface area contributed by atoms with Gasteiger partial charge in [-0.3, -0.25) is 0 Å². The third-order valence-corrected chi connectivity index (χ3v) is 3.50. The summed E-state index contributed by atoms with van der Waals surface area (Å²) >= 11 is 7.77. The van der Waals surface area contributed by atoms with Gasteiger partial charge in [-0.05, 0) is 34.5 Å². The van der Waals surface area contributed by atoms with Gasteiger partial charge in [0.05, 0.1) is 10.5 Å². The molecule has 80 valence electrons. The van der Waals surface area contributed by atoms with Gasteiger partial charge in [-0.2, -0.15) is 11.3 Å². The van der Waals surface area contributed by atoms with E-state index >= 15 is 0 Å². The number of H-pyrrole nitrogens is 1. The molecule has 2 heterocycles. The third kappa shape index (κ3) is 1.72. The maximum absolute atomic E-state index is 6.07. The molecule has 0 saturated carbocycles. The predicted octanol–water partition coefficient (Wildman–Crippen LogP) is 3.87. The van der Waals surface area contributed by atoms with Crippen LogP contribution in [0.4, 0.5) is 0 Å². The monoisotopic (exact) mass is 248 g/mol. The molecule has 0 radical (unpaired) electrons. The lowest BCUT2D eigenvalue weighted by molar-refractivity contribution is 1.04. The van der Waals surface area contributed by atoms with Crippen LogP contribution in [0.15, 0.2) is 35.0 Å². The molecule has 1 N–H and O–H groups in total. The highest BCUT2D eigenvalue weighted by Gasteiger charge is 2.06. The van der Waals surface area contributed by atoms with E-state index in [1.165, 1.54) is 5.56 Å². The lowest BCUT2D eigenvalue weighted by Gasteiger charge is -1.90. The molecule has 0 saturated heterocycles. The number of halogens is 1. The van der Waals surface area contributed by atoms with Crippen molar-refractivity contribution in [2.24, 2.45) is 0 Å². The van der Waals surface area contributed by atoms with E-state index in [-0.39, 0.29) is 0 Å². The van der Waals surface area contributed by atoms with Crippen molar-refractivity contribution in [1.82, 2.24) is 9.97 Å². The summed E-state index contributed by atoms with van der Waals surface area (Å²) < 4.78 is 0. The number of para-hydroxylation sites is 1. The van der Waals surface area contributed by atoms with Crippen molar-refractivity contribution in [2.45, 2.75) is 6.42 Å². The molecular weight excluding hydrogens is 240 g/mol. The highest BCUT2D eigenvalue weighted by Crippen LogP contribution is 2.22. The number of benzene rings is 1. The summed E-state index contributed by atoms with van der Waals surface area (Å²) in [4.78, 5) is 7.79. The Hall–Kier alpha value is -1.32. The molecule has 0 aliphatic carbocycles. The first-order valence-electron chi connectivity index (χ1n) is 4.97. The molecule has 2 aromatic heterocycles. The van der Waals surface area contributed by atoms with E-state index in [4.69, 9.17) is 11.6 Å². The van der Waals surface area contributed by atoms with E-state index in [2.05, 4.69) is 26.8 Å². The molecule has 0 unspecified atom stereocenters. The summed E-state index contributed by atoms with van der Waals surface area (Å²) in [6.07, 6.45) is 0.828. The molecule has 0 fully saturated rings. The van der Waals surface area contributed by atoms with Crippen molar-refractivity contribution in [3.63, 3.8) is 0 Å². The van der Waals surface area contributed by atoms with E-state index in [1.807, 2.05) is 18.2 Å². The fourth-order valence-electron chi connectivity index (χ4n) is 1.72. The Morgan fingerprint density at radius 2 is 2.25 bits per heavy atom. The summed E-state index contributed by atoms with van der Waals surface area (Å²) in [6, 6.07) is 7.89. The number of hydrogen-bond donors (Lipinski definition) is 1. The van der Waals surface area contributed by atoms with Gasteiger partial charge in [0.15, 0.2) is 0 Å². The lowest BCUT2D eigenvalue weighted by atomic mass is 10.2. The molecule has 0 aliphatic rings. The van der Waals surface area contributed by atoms with Crippen LogP contribution in [0.3, 0.4) is 0 Å². The molecule has 16 heavy (non-hydrogen) atoms. The Balaban J connectivity index is 2.02. The summed E-state index contributed by atoms with van der Waals surface area (Å²) in [6.45, 7) is 0. The van der Waals surface area contributed by atoms with Crippen LogP contribution >= 0.6 is 22.9 Å². The Morgan fingerprint density at radius 3 is 3.00 bits per heavy atom. The molecule has 1 aromatic carbocycles. The van der Waals surface area contributed by atoms with Crippen LogP contribution in [0.25, 0.3) is 11.0 Å². The topological polar surface area (TPSA) is 28.7 Å². The molecule has 3 rings (SSSR count). The first-order valence-corrected chi connectivity index (χ1v) is 6.29. The van der Waals surface area contributed by atoms with Gasteiger partial charge in [0, 0.05) is 6.42 Å². The average Bonchev–Trinajstić information content (AvgIpc) is 2.88. The number of hydrogen-bond acceptors (Lipinski definition) is 2. The quantitative estimate of drug-likeness (QED) is 0.733. The lowest BCUT2D eigenvalue weighted by Crippen LogP contribution is -1.87. The zero-order valence-electron chi connectivity index (χ0n) is 8.40. The number of aromatic amines is 1. The molecular formula is C12H9ClN2S. The zero-order valence-corrected chi connectivity index (χ0v) is 9.98. The molecule has 2 nitrogen and oxygen atoms in total. The summed E-state index contributed by atoms with van der Waals surface area (Å²) in [5, 5.41) is 4.91. The Bertz CT molecular complexity index is 613. The summed E-state index contributed by atoms with van der Waals surface area (Å²) in [5.41, 5.74) is 3.13. The van der Waals surface area contributed by atoms with Crippen LogP contribution in [0.5, 0.6) is 0 Å². The molecule has 0 amide bonds. The maximum atomic E-state index is 6.07. The highest BCUT2D eigenvalue weighted by atomic mass is 35.5. The largest absolute Gasteiger partial charge is 0.342 e. The van der Waals surface area contributed by atoms with Crippen LogP contribution < -0.4 is 0 Å². The fourth-order valence-corrected chi connectivity index (χ4v) is 2.60. The van der Waals surface area contributed by atoms with E-state index in [1.54, 1.807) is 11.3 Å². The fraction of sp³-hybridized carbons (Fsp3) is 0.0833. The van der Waals surface area contributed by atoms with Crippen LogP contribution in [0.2, 0.25) is 5.02 Å². The van der Waals surface area contributed by atoms with Crippen molar-refractivity contribution in [3.8, 4) is 0 Å². The molecule has 4 heteroatoms. The second-order valence-electron chi connectivity index (χ2n) is 3.63.